The lowest BCUT2D eigenvalue weighted by molar-refractivity contribution is 0.237. The molecule has 0 aliphatic carbocycles. The zero-order chi connectivity index (χ0) is 15.8. The third-order valence-corrected chi connectivity index (χ3v) is 3.83. The molecule has 4 heteroatoms. The highest BCUT2D eigenvalue weighted by Crippen LogP contribution is 2.20. The molecule has 0 aliphatic heterocycles. The molecule has 1 atom stereocenters. The molecule has 2 aromatic rings. The fraction of sp³-hybridized carbons (Fsp3) is 0.333. The van der Waals surface area contributed by atoms with Gasteiger partial charge in [0.05, 0.1) is 6.61 Å². The smallest absolute Gasteiger partial charge is 0.124 e. The average Bonchev–Trinajstić information content (AvgIpc) is 2.56. The van der Waals surface area contributed by atoms with Gasteiger partial charge in [-0.25, -0.2) is 0 Å². The first kappa shape index (κ1) is 16.8. The Morgan fingerprint density at radius 2 is 1.86 bits per heavy atom. The molecular formula is C18H22ClNO2. The number of hydrogen-bond acceptors (Lipinski definition) is 3. The molecule has 0 fully saturated rings. The van der Waals surface area contributed by atoms with Crippen LogP contribution in [-0.4, -0.2) is 17.8 Å². The monoisotopic (exact) mass is 319 g/mol. The molecule has 0 aliphatic rings. The van der Waals surface area contributed by atoms with Gasteiger partial charge in [-0.2, -0.15) is 0 Å². The second-order valence-electron chi connectivity index (χ2n) is 5.19. The summed E-state index contributed by atoms with van der Waals surface area (Å²) in [5.74, 6) is 0.859. The van der Waals surface area contributed by atoms with Crippen molar-refractivity contribution in [2.45, 2.75) is 32.5 Å². The molecule has 0 saturated carbocycles. The fourth-order valence-corrected chi connectivity index (χ4v) is 2.25. The first-order chi connectivity index (χ1) is 10.7. The largest absolute Gasteiger partial charge is 0.489 e. The van der Waals surface area contributed by atoms with E-state index in [1.54, 1.807) is 0 Å². The van der Waals surface area contributed by atoms with E-state index in [-0.39, 0.29) is 12.6 Å². The molecule has 118 valence electrons. The summed E-state index contributed by atoms with van der Waals surface area (Å²) in [6, 6.07) is 15.7. The summed E-state index contributed by atoms with van der Waals surface area (Å²) in [6.07, 6.45) is 0.893. The molecule has 0 amide bonds. The van der Waals surface area contributed by atoms with Crippen LogP contribution in [0, 0.1) is 0 Å². The number of benzene rings is 2. The van der Waals surface area contributed by atoms with E-state index < -0.39 is 0 Å². The van der Waals surface area contributed by atoms with Crippen molar-refractivity contribution in [3.05, 3.63) is 64.7 Å². The standard InChI is InChI=1S/C18H22ClNO2/c1-2-17(12-21)20-11-15-5-3-4-6-18(15)22-13-14-7-9-16(19)10-8-14/h3-10,17,20-21H,2,11-13H2,1H3/t17-/m1/s1. The van der Waals surface area contributed by atoms with E-state index in [2.05, 4.69) is 12.2 Å². The van der Waals surface area contributed by atoms with Crippen LogP contribution in [0.5, 0.6) is 5.75 Å². The van der Waals surface area contributed by atoms with Crippen molar-refractivity contribution < 1.29 is 9.84 Å². The van der Waals surface area contributed by atoms with Gasteiger partial charge in [-0.15, -0.1) is 0 Å². The van der Waals surface area contributed by atoms with Gasteiger partial charge in [0, 0.05) is 23.2 Å². The highest BCUT2D eigenvalue weighted by Gasteiger charge is 2.07. The third-order valence-electron chi connectivity index (χ3n) is 3.57. The Labute approximate surface area is 136 Å². The van der Waals surface area contributed by atoms with Crippen LogP contribution in [0.3, 0.4) is 0 Å². The predicted molar refractivity (Wildman–Crippen MR) is 90.2 cm³/mol. The molecule has 0 bridgehead atoms. The van der Waals surface area contributed by atoms with E-state index in [4.69, 9.17) is 16.3 Å². The topological polar surface area (TPSA) is 41.5 Å². The van der Waals surface area contributed by atoms with Crippen molar-refractivity contribution >= 4 is 11.6 Å². The summed E-state index contributed by atoms with van der Waals surface area (Å²) in [5, 5.41) is 13.3. The molecule has 0 aromatic heterocycles. The second-order valence-corrected chi connectivity index (χ2v) is 5.63. The Morgan fingerprint density at radius 1 is 1.14 bits per heavy atom. The van der Waals surface area contributed by atoms with Crippen molar-refractivity contribution in [1.29, 1.82) is 0 Å². The number of aliphatic hydroxyl groups excluding tert-OH is 1. The maximum Gasteiger partial charge on any atom is 0.124 e. The van der Waals surface area contributed by atoms with Crippen molar-refractivity contribution in [1.82, 2.24) is 5.32 Å². The molecule has 2 aromatic carbocycles. The number of rotatable bonds is 8. The summed E-state index contributed by atoms with van der Waals surface area (Å²) in [5.41, 5.74) is 2.16. The summed E-state index contributed by atoms with van der Waals surface area (Å²) < 4.78 is 5.92. The second kappa shape index (κ2) is 8.79. The highest BCUT2D eigenvalue weighted by atomic mass is 35.5. The van der Waals surface area contributed by atoms with Crippen LogP contribution >= 0.6 is 11.6 Å². The van der Waals surface area contributed by atoms with E-state index in [9.17, 15) is 5.11 Å². The maximum absolute atomic E-state index is 9.24. The highest BCUT2D eigenvalue weighted by molar-refractivity contribution is 6.30. The molecule has 2 rings (SSSR count). The number of halogens is 1. The van der Waals surface area contributed by atoms with Crippen LogP contribution in [0.15, 0.2) is 48.5 Å². The Morgan fingerprint density at radius 3 is 2.55 bits per heavy atom. The summed E-state index contributed by atoms with van der Waals surface area (Å²) in [6.45, 7) is 3.38. The van der Waals surface area contributed by atoms with E-state index >= 15 is 0 Å². The number of hydrogen-bond donors (Lipinski definition) is 2. The third kappa shape index (κ3) is 5.02. The van der Waals surface area contributed by atoms with Gasteiger partial charge in [0.2, 0.25) is 0 Å². The zero-order valence-electron chi connectivity index (χ0n) is 12.8. The molecule has 3 nitrogen and oxygen atoms in total. The van der Waals surface area contributed by atoms with Gasteiger partial charge in [0.15, 0.2) is 0 Å². The summed E-state index contributed by atoms with van der Waals surface area (Å²) >= 11 is 5.88. The lowest BCUT2D eigenvalue weighted by Crippen LogP contribution is -2.31. The van der Waals surface area contributed by atoms with Gasteiger partial charge in [-0.1, -0.05) is 48.9 Å². The quantitative estimate of drug-likeness (QED) is 0.778. The summed E-state index contributed by atoms with van der Waals surface area (Å²) in [7, 11) is 0. The molecule has 0 unspecified atom stereocenters. The number of para-hydroxylation sites is 1. The van der Waals surface area contributed by atoms with E-state index in [0.29, 0.717) is 13.2 Å². The molecule has 0 saturated heterocycles. The van der Waals surface area contributed by atoms with Gasteiger partial charge in [0.1, 0.15) is 12.4 Å². The molecule has 0 heterocycles. The van der Waals surface area contributed by atoms with Crippen LogP contribution < -0.4 is 10.1 Å². The summed E-state index contributed by atoms with van der Waals surface area (Å²) in [4.78, 5) is 0. The Hall–Kier alpha value is -1.55. The maximum atomic E-state index is 9.24. The molecular weight excluding hydrogens is 298 g/mol. The van der Waals surface area contributed by atoms with Gasteiger partial charge < -0.3 is 15.2 Å². The van der Waals surface area contributed by atoms with E-state index in [1.165, 1.54) is 0 Å². The van der Waals surface area contributed by atoms with Gasteiger partial charge >= 0.3 is 0 Å². The van der Waals surface area contributed by atoms with Crippen LogP contribution in [-0.2, 0) is 13.2 Å². The normalized spacial score (nSPS) is 12.1. The zero-order valence-corrected chi connectivity index (χ0v) is 13.5. The van der Waals surface area contributed by atoms with Crippen LogP contribution in [0.25, 0.3) is 0 Å². The van der Waals surface area contributed by atoms with E-state index in [0.717, 1.165) is 28.3 Å². The fourth-order valence-electron chi connectivity index (χ4n) is 2.12. The SMILES string of the molecule is CC[C@H](CO)NCc1ccccc1OCc1ccc(Cl)cc1. The first-order valence-corrected chi connectivity index (χ1v) is 7.90. The van der Waals surface area contributed by atoms with Crippen LogP contribution in [0.1, 0.15) is 24.5 Å². The number of ether oxygens (including phenoxy) is 1. The lowest BCUT2D eigenvalue weighted by Gasteiger charge is -2.16. The van der Waals surface area contributed by atoms with Crippen molar-refractivity contribution in [3.63, 3.8) is 0 Å². The molecule has 22 heavy (non-hydrogen) atoms. The van der Waals surface area contributed by atoms with Crippen molar-refractivity contribution in [2.24, 2.45) is 0 Å². The molecule has 2 N–H and O–H groups in total. The minimum absolute atomic E-state index is 0.115. The van der Waals surface area contributed by atoms with E-state index in [1.807, 2.05) is 48.5 Å². The average molecular weight is 320 g/mol. The van der Waals surface area contributed by atoms with Crippen molar-refractivity contribution in [2.75, 3.05) is 6.61 Å². The number of aliphatic hydroxyl groups is 1. The minimum atomic E-state index is 0.115. The van der Waals surface area contributed by atoms with Crippen LogP contribution in [0.2, 0.25) is 5.02 Å². The van der Waals surface area contributed by atoms with Gasteiger partial charge in [0.25, 0.3) is 0 Å². The Kier molecular flexibility index (Phi) is 6.72. The van der Waals surface area contributed by atoms with Gasteiger partial charge in [-0.3, -0.25) is 0 Å². The predicted octanol–water partition coefficient (Wildman–Crippen LogP) is 3.78. The molecule has 0 radical (unpaired) electrons. The number of nitrogens with one attached hydrogen (secondary N) is 1. The van der Waals surface area contributed by atoms with Crippen molar-refractivity contribution in [3.8, 4) is 5.75 Å². The Bertz CT molecular complexity index is 568. The van der Waals surface area contributed by atoms with Crippen LogP contribution in [0.4, 0.5) is 0 Å². The Balaban J connectivity index is 1.97. The minimum Gasteiger partial charge on any atom is -0.489 e. The molecule has 0 spiro atoms. The van der Waals surface area contributed by atoms with Gasteiger partial charge in [-0.05, 0) is 30.2 Å². The first-order valence-electron chi connectivity index (χ1n) is 7.52. The lowest BCUT2D eigenvalue weighted by atomic mass is 10.1.